The van der Waals surface area contributed by atoms with E-state index in [0.717, 1.165) is 0 Å². The van der Waals surface area contributed by atoms with Crippen molar-refractivity contribution in [2.75, 3.05) is 75.7 Å². The van der Waals surface area contributed by atoms with Crippen molar-refractivity contribution in [3.8, 4) is 0 Å². The second-order valence-electron chi connectivity index (χ2n) is 29.0. The van der Waals surface area contributed by atoms with E-state index in [-0.39, 0.29) is 56.3 Å². The number of hydrogen-bond donors (Lipinski definition) is 4. The number of rotatable bonds is 19. The molecule has 0 radical (unpaired) electrons. The molecular weight excluding hydrogens is 1190 g/mol. The predicted octanol–water partition coefficient (Wildman–Crippen LogP) is 6.17. The van der Waals surface area contributed by atoms with Crippen molar-refractivity contribution in [1.82, 2.24) is 49.8 Å². The summed E-state index contributed by atoms with van der Waals surface area (Å²) in [5, 5.41) is 28.7. The Morgan fingerprint density at radius 2 is 1.07 bits per heavy atom. The van der Waals surface area contributed by atoms with E-state index in [1.54, 1.807) is 81.3 Å². The number of aliphatic hydroxyl groups is 2. The van der Waals surface area contributed by atoms with Crippen molar-refractivity contribution in [1.29, 1.82) is 0 Å². The summed E-state index contributed by atoms with van der Waals surface area (Å²) in [6.07, 6.45) is 2.38. The summed E-state index contributed by atoms with van der Waals surface area (Å²) >= 11 is 1.37. The van der Waals surface area contributed by atoms with E-state index >= 15 is 28.8 Å². The number of likely N-dealkylation sites (N-methyl/N-ethyl adjacent to an activating group) is 7. The highest BCUT2D eigenvalue weighted by molar-refractivity contribution is 8.00. The number of carbonyl (C=O) groups is 10. The van der Waals surface area contributed by atoms with Gasteiger partial charge in [-0.15, -0.1) is 11.8 Å². The summed E-state index contributed by atoms with van der Waals surface area (Å²) in [6, 6.07) is -9.58. The van der Waals surface area contributed by atoms with Gasteiger partial charge < -0.3 is 60.0 Å². The third-order valence-corrected chi connectivity index (χ3v) is 19.1. The van der Waals surface area contributed by atoms with Crippen molar-refractivity contribution in [2.24, 2.45) is 47.3 Å². The topological polar surface area (TPSA) is 261 Å². The van der Waals surface area contributed by atoms with Crippen molar-refractivity contribution in [2.45, 2.75) is 234 Å². The molecule has 1 aliphatic heterocycles. The van der Waals surface area contributed by atoms with Crippen LogP contribution in [0.5, 0.6) is 0 Å². The third-order valence-electron chi connectivity index (χ3n) is 17.8. The van der Waals surface area contributed by atoms with Crippen LogP contribution in [0, 0.1) is 47.3 Å². The van der Waals surface area contributed by atoms with Crippen LogP contribution in [0.1, 0.15) is 169 Å². The van der Waals surface area contributed by atoms with E-state index in [1.807, 2.05) is 79.6 Å². The molecule has 8 amide bonds. The fourth-order valence-electron chi connectivity index (χ4n) is 11.9. The van der Waals surface area contributed by atoms with E-state index in [0.29, 0.717) is 24.4 Å². The van der Waals surface area contributed by atoms with Gasteiger partial charge in [0.2, 0.25) is 47.3 Å². The van der Waals surface area contributed by atoms with Crippen LogP contribution >= 0.6 is 11.8 Å². The Balaban J connectivity index is 4.55. The Morgan fingerprint density at radius 1 is 0.598 bits per heavy atom. The standard InChI is InChI=1S/C69H124N10O12S/c1-28-30-31-45(13)59(82)58-55(81)38-49(29-2)63(86)79(27)68(92-33-32-72(19)20)48(16)73(21)53(39-69(17,18)91)61(84)71-56(43(9)10)66(89)74(22)50(34-40(3)4)60(83)70-47(15)54(80)37-46(14)62(85)75(23)51(35-41(5)6)64(87)76(24)52(36-42(7)8)65(88)77(25)57(44(11)12)67(90)78(58)26/h28,30,40-47,49-53,56-59,68,82,91H,16,29,31-39H2,1-15,17-27H3,(H,70,83)(H,71,84)/b30-28+/t45-,46+,47+,49-,50+,51+,52+,53+,56+,57+,58-,59-,68-/m1/s1. The maximum absolute atomic E-state index is 15.4. The van der Waals surface area contributed by atoms with E-state index in [1.165, 1.54) is 83.3 Å². The molecule has 4 N–H and O–H groups in total. The molecule has 0 bridgehead atoms. The summed E-state index contributed by atoms with van der Waals surface area (Å²) in [4.78, 5) is 161. The van der Waals surface area contributed by atoms with Crippen molar-refractivity contribution in [3.63, 3.8) is 0 Å². The maximum Gasteiger partial charge on any atom is 0.246 e. The molecule has 92 heavy (non-hydrogen) atoms. The van der Waals surface area contributed by atoms with Crippen LogP contribution < -0.4 is 10.6 Å². The first-order chi connectivity index (χ1) is 42.3. The van der Waals surface area contributed by atoms with Gasteiger partial charge in [0.1, 0.15) is 47.7 Å². The number of hydrogen-bond acceptors (Lipinski definition) is 15. The molecule has 0 aromatic carbocycles. The monoisotopic (exact) mass is 1320 g/mol. The molecule has 0 aromatic heterocycles. The van der Waals surface area contributed by atoms with Gasteiger partial charge in [-0.2, -0.15) is 0 Å². The molecule has 1 fully saturated rings. The van der Waals surface area contributed by atoms with Gasteiger partial charge in [0.25, 0.3) is 0 Å². The van der Waals surface area contributed by atoms with Gasteiger partial charge in [-0.05, 0) is 109 Å². The molecule has 1 saturated heterocycles. The van der Waals surface area contributed by atoms with Crippen molar-refractivity contribution >= 4 is 70.6 Å². The third kappa shape index (κ3) is 24.4. The lowest BCUT2D eigenvalue weighted by molar-refractivity contribution is -0.157. The number of aliphatic hydroxyl groups excluding tert-OH is 1. The fourth-order valence-corrected chi connectivity index (χ4v) is 13.2. The molecule has 0 aromatic rings. The van der Waals surface area contributed by atoms with E-state index in [9.17, 15) is 29.4 Å². The highest BCUT2D eigenvalue weighted by Gasteiger charge is 2.46. The zero-order valence-electron chi connectivity index (χ0n) is 61.3. The van der Waals surface area contributed by atoms with Crippen LogP contribution in [0.4, 0.5) is 0 Å². The Labute approximate surface area is 558 Å². The normalized spacial score (nSPS) is 27.0. The minimum atomic E-state index is -1.49. The van der Waals surface area contributed by atoms with Crippen LogP contribution in [-0.2, 0) is 47.9 Å². The molecule has 0 unspecified atom stereocenters. The molecular formula is C69H124N10O12S. The molecule has 1 heterocycles. The van der Waals surface area contributed by atoms with Gasteiger partial charge >= 0.3 is 0 Å². The molecule has 13 atom stereocenters. The van der Waals surface area contributed by atoms with Gasteiger partial charge in [-0.1, -0.05) is 109 Å². The highest BCUT2D eigenvalue weighted by Crippen LogP contribution is 2.32. The van der Waals surface area contributed by atoms with Crippen LogP contribution in [0.25, 0.3) is 0 Å². The second-order valence-corrected chi connectivity index (χ2v) is 30.2. The lowest BCUT2D eigenvalue weighted by Gasteiger charge is -2.42. The first-order valence-corrected chi connectivity index (χ1v) is 34.3. The Bertz CT molecular complexity index is 2520. The van der Waals surface area contributed by atoms with Gasteiger partial charge in [0.15, 0.2) is 11.6 Å². The lowest BCUT2D eigenvalue weighted by atomic mass is 9.86. The molecule has 0 saturated carbocycles. The molecule has 22 nitrogen and oxygen atoms in total. The quantitative estimate of drug-likeness (QED) is 0.105. The lowest BCUT2D eigenvalue weighted by Crippen LogP contribution is -2.61. The Hall–Kier alpha value is -5.39. The number of allylic oxidation sites excluding steroid dienone is 2. The minimum Gasteiger partial charge on any atom is -0.390 e. The van der Waals surface area contributed by atoms with Crippen LogP contribution in [0.3, 0.4) is 0 Å². The van der Waals surface area contributed by atoms with Crippen molar-refractivity contribution in [3.05, 3.63) is 24.4 Å². The molecule has 1 rings (SSSR count). The van der Waals surface area contributed by atoms with Gasteiger partial charge in [-0.25, -0.2) is 0 Å². The number of nitrogens with one attached hydrogen (secondary N) is 2. The maximum atomic E-state index is 15.4. The van der Waals surface area contributed by atoms with Crippen LogP contribution in [0.15, 0.2) is 24.4 Å². The average molecular weight is 1320 g/mol. The largest absolute Gasteiger partial charge is 0.390 e. The number of nitrogens with zero attached hydrogens (tertiary/aromatic N) is 8. The zero-order valence-corrected chi connectivity index (χ0v) is 62.1. The first kappa shape index (κ1) is 84.6. The minimum absolute atomic E-state index is 0.123. The summed E-state index contributed by atoms with van der Waals surface area (Å²) < 4.78 is 0. The molecule has 1 aliphatic rings. The number of ketones is 2. The van der Waals surface area contributed by atoms with E-state index in [4.69, 9.17) is 0 Å². The number of carbonyl (C=O) groups excluding carboxylic acids is 10. The Kier molecular flexibility index (Phi) is 35.2. The van der Waals surface area contributed by atoms with E-state index < -0.39 is 160 Å². The number of thioether (sulfide) groups is 1. The smallest absolute Gasteiger partial charge is 0.246 e. The van der Waals surface area contributed by atoms with Gasteiger partial charge in [0.05, 0.1) is 17.7 Å². The highest BCUT2D eigenvalue weighted by atomic mass is 32.2. The summed E-state index contributed by atoms with van der Waals surface area (Å²) in [5.41, 5.74) is -1.17. The summed E-state index contributed by atoms with van der Waals surface area (Å²) in [7, 11) is 14.4. The van der Waals surface area contributed by atoms with E-state index in [2.05, 4.69) is 17.2 Å². The molecule has 0 spiro atoms. The number of Topliss-reactive ketones (excluding diaryl/α,β-unsaturated/α-hetero) is 2. The predicted molar refractivity (Wildman–Crippen MR) is 366 cm³/mol. The van der Waals surface area contributed by atoms with Crippen LogP contribution in [-0.4, -0.2) is 249 Å². The molecule has 23 heteroatoms. The van der Waals surface area contributed by atoms with Crippen LogP contribution in [0.2, 0.25) is 0 Å². The number of amides is 8. The molecule has 0 aliphatic carbocycles. The van der Waals surface area contributed by atoms with Gasteiger partial charge in [0, 0.05) is 98.4 Å². The average Bonchev–Trinajstić information content (AvgIpc) is 0.834. The summed E-state index contributed by atoms with van der Waals surface area (Å²) in [5.74, 6) is -9.26. The second kappa shape index (κ2) is 38.2. The first-order valence-electron chi connectivity index (χ1n) is 33.3. The van der Waals surface area contributed by atoms with Crippen molar-refractivity contribution < 1.29 is 58.2 Å². The SMILES string of the molecule is C=C1[C@@H](SCCN(C)C)N(C)C(=O)[C@H](CC)CC(=O)[C@H]([C@H](O)[C@H](C)C/C=C/C)N(C)C(=O)[C@H](C(C)C)N(C)C(=O)[C@H](CC(C)C)N(C)C(=O)[C@H](CC(C)C)N(C)C(=O)[C@@H](C)CC(=O)[C@H](C)NC(=O)[C@H](CC(C)C)N(C)C(=O)[C@H](C(C)C)NC(=O)[C@H](CC(C)(C)O)N1C. The summed E-state index contributed by atoms with van der Waals surface area (Å²) in [6.45, 7) is 35.0. The fraction of sp³-hybridized carbons (Fsp3) is 0.797. The molecule has 528 valence electrons. The zero-order chi connectivity index (χ0) is 71.5. The Morgan fingerprint density at radius 3 is 1.52 bits per heavy atom. The van der Waals surface area contributed by atoms with Gasteiger partial charge in [-0.3, -0.25) is 47.9 Å².